The maximum absolute atomic E-state index is 11.0. The standard InChI is InChI=1S/C11H15NO/c1-3-4-5-10-6-7-12-11(8-10)9(2)13/h6-8H,3-5H2,1-2H3. The zero-order valence-electron chi connectivity index (χ0n) is 8.21. The van der Waals surface area contributed by atoms with E-state index in [1.165, 1.54) is 18.4 Å². The number of rotatable bonds is 4. The zero-order chi connectivity index (χ0) is 9.68. The molecule has 0 aliphatic rings. The molecule has 1 aromatic rings. The van der Waals surface area contributed by atoms with Crippen LogP contribution in [0.5, 0.6) is 0 Å². The van der Waals surface area contributed by atoms with Gasteiger partial charge in [0, 0.05) is 13.1 Å². The molecule has 0 bridgehead atoms. The Morgan fingerprint density at radius 1 is 1.54 bits per heavy atom. The molecular weight excluding hydrogens is 162 g/mol. The van der Waals surface area contributed by atoms with E-state index in [9.17, 15) is 4.79 Å². The summed E-state index contributed by atoms with van der Waals surface area (Å²) in [4.78, 5) is 15.0. The van der Waals surface area contributed by atoms with E-state index in [1.54, 1.807) is 13.1 Å². The molecule has 1 heterocycles. The van der Waals surface area contributed by atoms with Crippen molar-refractivity contribution in [3.05, 3.63) is 29.6 Å². The molecule has 0 N–H and O–H groups in total. The summed E-state index contributed by atoms with van der Waals surface area (Å²) in [7, 11) is 0. The Labute approximate surface area is 79.0 Å². The van der Waals surface area contributed by atoms with Crippen molar-refractivity contribution in [2.45, 2.75) is 33.1 Å². The van der Waals surface area contributed by atoms with E-state index in [-0.39, 0.29) is 5.78 Å². The van der Waals surface area contributed by atoms with Crippen LogP contribution in [0.3, 0.4) is 0 Å². The molecule has 0 fully saturated rings. The van der Waals surface area contributed by atoms with E-state index in [4.69, 9.17) is 0 Å². The Morgan fingerprint density at radius 3 is 2.92 bits per heavy atom. The molecule has 0 aromatic carbocycles. The quantitative estimate of drug-likeness (QED) is 0.662. The van der Waals surface area contributed by atoms with E-state index < -0.39 is 0 Å². The highest BCUT2D eigenvalue weighted by Crippen LogP contribution is 2.06. The van der Waals surface area contributed by atoms with Crippen LogP contribution in [0.15, 0.2) is 18.3 Å². The summed E-state index contributed by atoms with van der Waals surface area (Å²) in [5.74, 6) is 0.0401. The Hall–Kier alpha value is -1.18. The van der Waals surface area contributed by atoms with Crippen LogP contribution in [-0.4, -0.2) is 10.8 Å². The Morgan fingerprint density at radius 2 is 2.31 bits per heavy atom. The van der Waals surface area contributed by atoms with E-state index in [0.717, 1.165) is 6.42 Å². The molecule has 2 heteroatoms. The maximum atomic E-state index is 11.0. The summed E-state index contributed by atoms with van der Waals surface area (Å²) in [6.45, 7) is 3.71. The first kappa shape index (κ1) is 9.90. The number of unbranched alkanes of at least 4 members (excludes halogenated alkanes) is 1. The van der Waals surface area contributed by atoms with Crippen molar-refractivity contribution >= 4 is 5.78 Å². The first-order chi connectivity index (χ1) is 6.24. The number of aryl methyl sites for hydroxylation is 1. The summed E-state index contributed by atoms with van der Waals surface area (Å²) in [5, 5.41) is 0. The molecule has 0 saturated heterocycles. The van der Waals surface area contributed by atoms with Gasteiger partial charge in [-0.05, 0) is 30.5 Å². The van der Waals surface area contributed by atoms with Crippen LogP contribution >= 0.6 is 0 Å². The van der Waals surface area contributed by atoms with Crippen molar-refractivity contribution in [3.63, 3.8) is 0 Å². The average molecular weight is 177 g/mol. The minimum Gasteiger partial charge on any atom is -0.293 e. The number of hydrogen-bond donors (Lipinski definition) is 0. The minimum absolute atomic E-state index is 0.0401. The number of Topliss-reactive ketones (excluding diaryl/α,β-unsaturated/α-hetero) is 1. The fourth-order valence-electron chi connectivity index (χ4n) is 1.20. The molecule has 1 aromatic heterocycles. The van der Waals surface area contributed by atoms with Gasteiger partial charge in [0.25, 0.3) is 0 Å². The first-order valence-corrected chi connectivity index (χ1v) is 4.70. The number of aromatic nitrogens is 1. The van der Waals surface area contributed by atoms with Crippen molar-refractivity contribution < 1.29 is 4.79 Å². The molecular formula is C11H15NO. The molecule has 0 atom stereocenters. The predicted molar refractivity (Wildman–Crippen MR) is 52.9 cm³/mol. The lowest BCUT2D eigenvalue weighted by Gasteiger charge is -2.00. The van der Waals surface area contributed by atoms with Gasteiger partial charge in [-0.25, -0.2) is 0 Å². The second-order valence-electron chi connectivity index (χ2n) is 3.21. The summed E-state index contributed by atoms with van der Waals surface area (Å²) in [6, 6.07) is 3.86. The predicted octanol–water partition coefficient (Wildman–Crippen LogP) is 2.63. The molecule has 0 radical (unpaired) electrons. The van der Waals surface area contributed by atoms with Crippen molar-refractivity contribution in [2.24, 2.45) is 0 Å². The summed E-state index contributed by atoms with van der Waals surface area (Å²) >= 11 is 0. The monoisotopic (exact) mass is 177 g/mol. The highest BCUT2D eigenvalue weighted by atomic mass is 16.1. The smallest absolute Gasteiger partial charge is 0.178 e. The lowest BCUT2D eigenvalue weighted by atomic mass is 10.1. The van der Waals surface area contributed by atoms with Crippen molar-refractivity contribution in [3.8, 4) is 0 Å². The van der Waals surface area contributed by atoms with E-state index in [1.807, 2.05) is 12.1 Å². The third-order valence-electron chi connectivity index (χ3n) is 2.00. The van der Waals surface area contributed by atoms with Gasteiger partial charge < -0.3 is 0 Å². The largest absolute Gasteiger partial charge is 0.293 e. The number of pyridine rings is 1. The van der Waals surface area contributed by atoms with Gasteiger partial charge in [0.15, 0.2) is 5.78 Å². The van der Waals surface area contributed by atoms with Gasteiger partial charge in [0.1, 0.15) is 5.69 Å². The Bertz CT molecular complexity index is 294. The number of ketones is 1. The van der Waals surface area contributed by atoms with Gasteiger partial charge in [-0.2, -0.15) is 0 Å². The molecule has 0 aliphatic carbocycles. The van der Waals surface area contributed by atoms with Crippen LogP contribution in [0, 0.1) is 0 Å². The molecule has 13 heavy (non-hydrogen) atoms. The summed E-state index contributed by atoms with van der Waals surface area (Å²) in [6.07, 6.45) is 5.10. The molecule has 0 unspecified atom stereocenters. The number of hydrogen-bond acceptors (Lipinski definition) is 2. The molecule has 0 saturated carbocycles. The zero-order valence-corrected chi connectivity index (χ0v) is 8.21. The van der Waals surface area contributed by atoms with Gasteiger partial charge in [0.05, 0.1) is 0 Å². The highest BCUT2D eigenvalue weighted by Gasteiger charge is 2.01. The van der Waals surface area contributed by atoms with Crippen LogP contribution in [0.25, 0.3) is 0 Å². The summed E-state index contributed by atoms with van der Waals surface area (Å²) < 4.78 is 0. The van der Waals surface area contributed by atoms with E-state index in [2.05, 4.69) is 11.9 Å². The second kappa shape index (κ2) is 4.75. The maximum Gasteiger partial charge on any atom is 0.178 e. The van der Waals surface area contributed by atoms with Crippen molar-refractivity contribution in [1.82, 2.24) is 4.98 Å². The van der Waals surface area contributed by atoms with Crippen molar-refractivity contribution in [2.75, 3.05) is 0 Å². The van der Waals surface area contributed by atoms with Crippen molar-refractivity contribution in [1.29, 1.82) is 0 Å². The van der Waals surface area contributed by atoms with Gasteiger partial charge in [0.2, 0.25) is 0 Å². The minimum atomic E-state index is 0.0401. The molecule has 1 rings (SSSR count). The first-order valence-electron chi connectivity index (χ1n) is 4.70. The molecule has 70 valence electrons. The molecule has 2 nitrogen and oxygen atoms in total. The van der Waals surface area contributed by atoms with E-state index >= 15 is 0 Å². The van der Waals surface area contributed by atoms with Crippen LogP contribution in [-0.2, 0) is 6.42 Å². The number of carbonyl (C=O) groups is 1. The highest BCUT2D eigenvalue weighted by molar-refractivity contribution is 5.92. The average Bonchev–Trinajstić information content (AvgIpc) is 2.15. The number of nitrogens with zero attached hydrogens (tertiary/aromatic N) is 1. The second-order valence-corrected chi connectivity index (χ2v) is 3.21. The van der Waals surface area contributed by atoms with Crippen LogP contribution in [0.1, 0.15) is 42.7 Å². The third-order valence-corrected chi connectivity index (χ3v) is 2.00. The lowest BCUT2D eigenvalue weighted by Crippen LogP contribution is -1.97. The van der Waals surface area contributed by atoms with Crippen LogP contribution in [0.2, 0.25) is 0 Å². The summed E-state index contributed by atoms with van der Waals surface area (Å²) in [5.41, 5.74) is 1.79. The molecule has 0 spiro atoms. The molecule has 0 amide bonds. The van der Waals surface area contributed by atoms with Gasteiger partial charge >= 0.3 is 0 Å². The topological polar surface area (TPSA) is 30.0 Å². The normalized spacial score (nSPS) is 10.0. The number of carbonyl (C=O) groups excluding carboxylic acids is 1. The molecule has 0 aliphatic heterocycles. The van der Waals surface area contributed by atoms with Gasteiger partial charge in [-0.15, -0.1) is 0 Å². The Balaban J connectivity index is 2.73. The van der Waals surface area contributed by atoms with E-state index in [0.29, 0.717) is 5.69 Å². The SMILES string of the molecule is CCCCc1ccnc(C(C)=O)c1. The van der Waals surface area contributed by atoms with Crippen LogP contribution < -0.4 is 0 Å². The van der Waals surface area contributed by atoms with Gasteiger partial charge in [-0.1, -0.05) is 13.3 Å². The fraction of sp³-hybridized carbons (Fsp3) is 0.455. The fourth-order valence-corrected chi connectivity index (χ4v) is 1.20. The lowest BCUT2D eigenvalue weighted by molar-refractivity contribution is 0.101. The Kier molecular flexibility index (Phi) is 3.62. The van der Waals surface area contributed by atoms with Crippen LogP contribution in [0.4, 0.5) is 0 Å². The third kappa shape index (κ3) is 2.98. The van der Waals surface area contributed by atoms with Gasteiger partial charge in [-0.3, -0.25) is 9.78 Å².